The molecule has 0 saturated carbocycles. The minimum atomic E-state index is -0.209. The van der Waals surface area contributed by atoms with E-state index in [0.717, 1.165) is 40.1 Å². The van der Waals surface area contributed by atoms with Crippen molar-refractivity contribution in [2.45, 2.75) is 64.6 Å². The highest BCUT2D eigenvalue weighted by Gasteiger charge is 2.34. The zero-order valence-corrected chi connectivity index (χ0v) is 34.7. The summed E-state index contributed by atoms with van der Waals surface area (Å²) in [6, 6.07) is 22.6. The van der Waals surface area contributed by atoms with Crippen molar-refractivity contribution in [2.75, 3.05) is 39.9 Å². The van der Waals surface area contributed by atoms with Gasteiger partial charge in [0, 0.05) is 60.9 Å². The van der Waals surface area contributed by atoms with Crippen molar-refractivity contribution < 1.29 is 33.3 Å². The van der Waals surface area contributed by atoms with Gasteiger partial charge >= 0.3 is 0 Å². The van der Waals surface area contributed by atoms with Gasteiger partial charge in [0.1, 0.15) is 5.75 Å². The van der Waals surface area contributed by atoms with Crippen LogP contribution in [0.1, 0.15) is 78.8 Å². The zero-order chi connectivity index (χ0) is 41.8. The third-order valence-corrected chi connectivity index (χ3v) is 10.5. The molecule has 3 aliphatic heterocycles. The summed E-state index contributed by atoms with van der Waals surface area (Å²) in [4.78, 5) is 40.1. The number of carbonyl (C=O) groups excluding carboxylic acids is 2. The number of amides is 2. The molecule has 4 aromatic carbocycles. The maximum Gasteiger partial charge on any atom is 0.260 e. The zero-order valence-electron chi connectivity index (χ0n) is 34.7. The molecule has 0 aliphatic carbocycles. The molecule has 2 atom stereocenters. The van der Waals surface area contributed by atoms with Gasteiger partial charge in [0.25, 0.3) is 11.8 Å². The van der Waals surface area contributed by atoms with Crippen LogP contribution >= 0.6 is 0 Å². The first kappa shape index (κ1) is 40.6. The molecule has 0 fully saturated rings. The van der Waals surface area contributed by atoms with Gasteiger partial charge in [0.2, 0.25) is 0 Å². The number of benzene rings is 4. The SMILES string of the molecule is C=Nc1cc(OCCCOc2cc3c(cc2OC)C(=O)N2C=C(c4ccc(OC)cc4)C[C@@H]2C=N3)c(OC)cc1C(=O)N1C=C(c2ccc(NC(C)(C)C)cc2)C[C@H]1C. The van der Waals surface area contributed by atoms with Gasteiger partial charge < -0.3 is 38.8 Å². The average Bonchev–Trinajstić information content (AvgIpc) is 3.82. The maximum atomic E-state index is 14.0. The number of ether oxygens (including phenoxy) is 5. The molecule has 59 heavy (non-hydrogen) atoms. The quantitative estimate of drug-likeness (QED) is 0.0990. The van der Waals surface area contributed by atoms with Crippen molar-refractivity contribution in [2.24, 2.45) is 9.98 Å². The Bertz CT molecular complexity index is 2330. The van der Waals surface area contributed by atoms with E-state index in [4.69, 9.17) is 28.7 Å². The first-order valence-corrected chi connectivity index (χ1v) is 19.7. The maximum absolute atomic E-state index is 14.0. The lowest BCUT2D eigenvalue weighted by atomic mass is 10.0. The Morgan fingerprint density at radius 3 is 2.08 bits per heavy atom. The Morgan fingerprint density at radius 2 is 1.46 bits per heavy atom. The van der Waals surface area contributed by atoms with Crippen LogP contribution in [0, 0.1) is 0 Å². The van der Waals surface area contributed by atoms with Crippen LogP contribution in [0.2, 0.25) is 0 Å². The molecule has 306 valence electrons. The summed E-state index contributed by atoms with van der Waals surface area (Å²) in [7, 11) is 4.71. The van der Waals surface area contributed by atoms with Crippen molar-refractivity contribution in [1.29, 1.82) is 0 Å². The van der Waals surface area contributed by atoms with Gasteiger partial charge in [-0.2, -0.15) is 0 Å². The summed E-state index contributed by atoms with van der Waals surface area (Å²) in [5.74, 6) is 2.14. The molecular weight excluding hydrogens is 747 g/mol. The number of methoxy groups -OCH3 is 3. The fraction of sp³-hybridized carbons (Fsp3) is 0.319. The largest absolute Gasteiger partial charge is 0.497 e. The number of nitrogens with zero attached hydrogens (tertiary/aromatic N) is 4. The normalized spacial score (nSPS) is 17.0. The lowest BCUT2D eigenvalue weighted by Gasteiger charge is -2.22. The molecule has 4 aromatic rings. The summed E-state index contributed by atoms with van der Waals surface area (Å²) in [6.45, 7) is 12.7. The molecule has 0 saturated heterocycles. The monoisotopic (exact) mass is 797 g/mol. The van der Waals surface area contributed by atoms with Gasteiger partial charge in [-0.15, -0.1) is 0 Å². The van der Waals surface area contributed by atoms with Crippen LogP contribution in [0.25, 0.3) is 11.1 Å². The van der Waals surface area contributed by atoms with E-state index < -0.39 is 0 Å². The summed E-state index contributed by atoms with van der Waals surface area (Å²) in [6.07, 6.45) is 7.50. The van der Waals surface area contributed by atoms with E-state index >= 15 is 0 Å². The standard InChI is InChI=1S/C47H51N5O7/c1-29-20-32(30-10-14-34(15-11-30)50-47(2,3)4)27-51(29)45(53)37-22-41(56-7)43(24-39(37)48-5)58-18-9-19-59-44-25-40-38(23-42(44)57-8)46(54)52-28-33(21-35(52)26-49-40)31-12-16-36(55-6)17-13-31/h10-17,22-29,35,50H,5,9,18-21H2,1-4,6-8H3/t29-,35-/m1/s1. The van der Waals surface area contributed by atoms with E-state index in [2.05, 4.69) is 62.1 Å². The first-order chi connectivity index (χ1) is 28.4. The van der Waals surface area contributed by atoms with Crippen LogP contribution in [0.15, 0.2) is 95.2 Å². The molecule has 0 unspecified atom stereocenters. The summed E-state index contributed by atoms with van der Waals surface area (Å²) >= 11 is 0. The topological polar surface area (TPSA) is 124 Å². The molecule has 7 rings (SSSR count). The predicted molar refractivity (Wildman–Crippen MR) is 233 cm³/mol. The molecule has 0 aromatic heterocycles. The number of rotatable bonds is 14. The van der Waals surface area contributed by atoms with Crippen molar-refractivity contribution in [3.8, 4) is 28.7 Å². The molecule has 0 bridgehead atoms. The minimum absolute atomic E-state index is 0.0419. The second-order valence-electron chi connectivity index (χ2n) is 15.8. The fourth-order valence-corrected chi connectivity index (χ4v) is 7.48. The van der Waals surface area contributed by atoms with Gasteiger partial charge in [-0.1, -0.05) is 24.3 Å². The number of hydrogen-bond acceptors (Lipinski definition) is 10. The van der Waals surface area contributed by atoms with Gasteiger partial charge in [0.05, 0.1) is 63.1 Å². The fourth-order valence-electron chi connectivity index (χ4n) is 7.48. The Balaban J connectivity index is 0.979. The minimum Gasteiger partial charge on any atom is -0.497 e. The van der Waals surface area contributed by atoms with Crippen LogP contribution in [-0.2, 0) is 0 Å². The second kappa shape index (κ2) is 17.1. The van der Waals surface area contributed by atoms with Crippen molar-refractivity contribution in [3.05, 3.63) is 107 Å². The van der Waals surface area contributed by atoms with Crippen LogP contribution in [0.5, 0.6) is 28.7 Å². The van der Waals surface area contributed by atoms with Crippen molar-refractivity contribution in [3.63, 3.8) is 0 Å². The molecule has 12 heteroatoms. The number of aliphatic imine (C=N–C) groups is 2. The Kier molecular flexibility index (Phi) is 11.8. The Labute approximate surface area is 345 Å². The van der Waals surface area contributed by atoms with E-state index in [1.54, 1.807) is 48.3 Å². The van der Waals surface area contributed by atoms with Crippen LogP contribution < -0.4 is 29.0 Å². The number of carbonyl (C=O) groups is 2. The van der Waals surface area contributed by atoms with Gasteiger partial charge in [-0.25, -0.2) is 0 Å². The predicted octanol–water partition coefficient (Wildman–Crippen LogP) is 9.35. The lowest BCUT2D eigenvalue weighted by Crippen LogP contribution is -2.32. The summed E-state index contributed by atoms with van der Waals surface area (Å²) in [5, 5.41) is 3.49. The van der Waals surface area contributed by atoms with Crippen LogP contribution in [0.4, 0.5) is 17.1 Å². The molecule has 2 amide bonds. The molecule has 3 aliphatic rings. The number of hydrogen-bond donors (Lipinski definition) is 1. The van der Waals surface area contributed by atoms with Gasteiger partial charge in [-0.05, 0) is 99.5 Å². The summed E-state index contributed by atoms with van der Waals surface area (Å²) in [5.41, 5.74) is 6.93. The molecular formula is C47H51N5O7. The molecule has 0 radical (unpaired) electrons. The Morgan fingerprint density at radius 1 is 0.831 bits per heavy atom. The van der Waals surface area contributed by atoms with E-state index in [0.29, 0.717) is 58.3 Å². The van der Waals surface area contributed by atoms with Crippen LogP contribution in [0.3, 0.4) is 0 Å². The third-order valence-electron chi connectivity index (χ3n) is 10.5. The van der Waals surface area contributed by atoms with Crippen molar-refractivity contribution >= 4 is 53.0 Å². The first-order valence-electron chi connectivity index (χ1n) is 19.7. The summed E-state index contributed by atoms with van der Waals surface area (Å²) < 4.78 is 28.9. The highest BCUT2D eigenvalue weighted by molar-refractivity contribution is 6.05. The highest BCUT2D eigenvalue weighted by atomic mass is 16.5. The van der Waals surface area contributed by atoms with Gasteiger partial charge in [0.15, 0.2) is 23.0 Å². The van der Waals surface area contributed by atoms with E-state index in [9.17, 15) is 9.59 Å². The van der Waals surface area contributed by atoms with E-state index in [-0.39, 0.29) is 42.7 Å². The smallest absolute Gasteiger partial charge is 0.260 e. The van der Waals surface area contributed by atoms with E-state index in [1.807, 2.05) is 49.8 Å². The van der Waals surface area contributed by atoms with Crippen LogP contribution in [-0.4, -0.2) is 86.7 Å². The number of nitrogens with one attached hydrogen (secondary N) is 1. The van der Waals surface area contributed by atoms with E-state index in [1.165, 1.54) is 7.11 Å². The number of fused-ring (bicyclic) bond motifs is 2. The van der Waals surface area contributed by atoms with Crippen molar-refractivity contribution in [1.82, 2.24) is 9.80 Å². The molecule has 3 heterocycles. The molecule has 12 nitrogen and oxygen atoms in total. The van der Waals surface area contributed by atoms with Gasteiger partial charge in [-0.3, -0.25) is 19.6 Å². The highest BCUT2D eigenvalue weighted by Crippen LogP contribution is 2.41. The Hall–Kier alpha value is -6.56. The lowest BCUT2D eigenvalue weighted by molar-refractivity contribution is 0.0792. The molecule has 1 N–H and O–H groups in total. The molecule has 0 spiro atoms. The third kappa shape index (κ3) is 8.81. The number of anilines is 1. The average molecular weight is 798 g/mol. The second-order valence-corrected chi connectivity index (χ2v) is 15.8.